The van der Waals surface area contributed by atoms with E-state index in [9.17, 15) is 0 Å². The molecule has 1 heterocycles. The van der Waals surface area contributed by atoms with Crippen molar-refractivity contribution < 1.29 is 0 Å². The largest absolute Gasteiger partial charge is 0.331 e. The minimum Gasteiger partial charge on any atom is -0.331 e. The minimum absolute atomic E-state index is 0.0921. The van der Waals surface area contributed by atoms with Crippen molar-refractivity contribution in [3.05, 3.63) is 29.8 Å². The van der Waals surface area contributed by atoms with Crippen molar-refractivity contribution in [2.45, 2.75) is 13.0 Å². The third kappa shape index (κ3) is 1.77. The number of nitrogens with two attached hydrogens (primary N) is 1. The van der Waals surface area contributed by atoms with Crippen LogP contribution in [0.25, 0.3) is 0 Å². The fourth-order valence-corrected chi connectivity index (χ4v) is 1.56. The van der Waals surface area contributed by atoms with Gasteiger partial charge in [0.1, 0.15) is 0 Å². The molecule has 0 saturated heterocycles. The molecular formula is C11H15N3. The van der Waals surface area contributed by atoms with E-state index in [4.69, 9.17) is 5.73 Å². The average molecular weight is 189 g/mol. The standard InChI is InChI=1S/C11H15N3/c1-9(12)10-3-2-4-11(7-10)14-6-5-13-8-14/h2-4,7-9H,5-6,12H2,1H3. The Hall–Kier alpha value is -1.35. The van der Waals surface area contributed by atoms with Crippen LogP contribution >= 0.6 is 0 Å². The van der Waals surface area contributed by atoms with Gasteiger partial charge in [0, 0.05) is 18.3 Å². The second kappa shape index (κ2) is 3.80. The van der Waals surface area contributed by atoms with Crippen molar-refractivity contribution in [2.24, 2.45) is 10.7 Å². The smallest absolute Gasteiger partial charge is 0.0895 e. The highest BCUT2D eigenvalue weighted by Gasteiger charge is 2.08. The van der Waals surface area contributed by atoms with Gasteiger partial charge in [-0.15, -0.1) is 0 Å². The van der Waals surface area contributed by atoms with Crippen LogP contribution < -0.4 is 10.6 Å². The van der Waals surface area contributed by atoms with Crippen LogP contribution in [0.1, 0.15) is 18.5 Å². The molecule has 0 radical (unpaired) electrons. The van der Waals surface area contributed by atoms with Crippen LogP contribution in [0, 0.1) is 0 Å². The topological polar surface area (TPSA) is 41.6 Å². The van der Waals surface area contributed by atoms with Crippen molar-refractivity contribution in [3.63, 3.8) is 0 Å². The second-order valence-corrected chi connectivity index (χ2v) is 3.60. The summed E-state index contributed by atoms with van der Waals surface area (Å²) in [6.07, 6.45) is 1.89. The predicted molar refractivity (Wildman–Crippen MR) is 59.7 cm³/mol. The predicted octanol–water partition coefficient (Wildman–Crippen LogP) is 1.55. The second-order valence-electron chi connectivity index (χ2n) is 3.60. The number of aliphatic imine (C=N–C) groups is 1. The molecule has 0 aliphatic carbocycles. The summed E-state index contributed by atoms with van der Waals surface area (Å²) in [7, 11) is 0. The third-order valence-corrected chi connectivity index (χ3v) is 2.42. The van der Waals surface area contributed by atoms with Gasteiger partial charge < -0.3 is 10.6 Å². The maximum atomic E-state index is 5.83. The van der Waals surface area contributed by atoms with Crippen LogP contribution in [0.4, 0.5) is 5.69 Å². The van der Waals surface area contributed by atoms with Gasteiger partial charge in [0.15, 0.2) is 0 Å². The number of hydrogen-bond donors (Lipinski definition) is 1. The molecule has 3 heteroatoms. The first-order chi connectivity index (χ1) is 6.77. The molecule has 0 saturated carbocycles. The van der Waals surface area contributed by atoms with Crippen molar-refractivity contribution in [1.29, 1.82) is 0 Å². The Morgan fingerprint density at radius 3 is 3.00 bits per heavy atom. The van der Waals surface area contributed by atoms with Crippen LogP contribution in [0.5, 0.6) is 0 Å². The van der Waals surface area contributed by atoms with Gasteiger partial charge >= 0.3 is 0 Å². The van der Waals surface area contributed by atoms with Crippen molar-refractivity contribution in [2.75, 3.05) is 18.0 Å². The van der Waals surface area contributed by atoms with Gasteiger partial charge in [0.05, 0.1) is 12.9 Å². The Labute approximate surface area is 84.2 Å². The van der Waals surface area contributed by atoms with E-state index in [1.165, 1.54) is 11.3 Å². The van der Waals surface area contributed by atoms with Crippen LogP contribution in [0.2, 0.25) is 0 Å². The van der Waals surface area contributed by atoms with E-state index in [2.05, 4.69) is 28.1 Å². The lowest BCUT2D eigenvalue weighted by Crippen LogP contribution is -2.18. The molecule has 2 N–H and O–H groups in total. The molecule has 1 atom stereocenters. The summed E-state index contributed by atoms with van der Waals surface area (Å²) in [5.74, 6) is 0. The molecule has 1 aliphatic heterocycles. The molecule has 0 fully saturated rings. The zero-order valence-electron chi connectivity index (χ0n) is 8.35. The molecule has 2 rings (SSSR count). The van der Waals surface area contributed by atoms with Gasteiger partial charge in [-0.2, -0.15) is 0 Å². The SMILES string of the molecule is CC(N)c1cccc(N2C=NCC2)c1. The first-order valence-electron chi connectivity index (χ1n) is 4.89. The molecule has 1 aromatic carbocycles. The third-order valence-electron chi connectivity index (χ3n) is 2.42. The summed E-state index contributed by atoms with van der Waals surface area (Å²) in [6, 6.07) is 8.40. The molecule has 3 nitrogen and oxygen atoms in total. The number of benzene rings is 1. The Bertz CT molecular complexity index is 344. The number of nitrogens with zero attached hydrogens (tertiary/aromatic N) is 2. The van der Waals surface area contributed by atoms with E-state index >= 15 is 0 Å². The fourth-order valence-electron chi connectivity index (χ4n) is 1.56. The average Bonchev–Trinajstić information content (AvgIpc) is 2.71. The number of anilines is 1. The van der Waals surface area contributed by atoms with Gasteiger partial charge in [0.2, 0.25) is 0 Å². The van der Waals surface area contributed by atoms with Gasteiger partial charge in [-0.3, -0.25) is 4.99 Å². The fraction of sp³-hybridized carbons (Fsp3) is 0.364. The number of hydrogen-bond acceptors (Lipinski definition) is 3. The van der Waals surface area contributed by atoms with E-state index in [-0.39, 0.29) is 6.04 Å². The summed E-state index contributed by atoms with van der Waals surface area (Å²) in [5, 5.41) is 0. The monoisotopic (exact) mass is 189 g/mol. The minimum atomic E-state index is 0.0921. The maximum absolute atomic E-state index is 5.83. The highest BCUT2D eigenvalue weighted by molar-refractivity contribution is 5.81. The van der Waals surface area contributed by atoms with Crippen LogP contribution in [-0.2, 0) is 0 Å². The highest BCUT2D eigenvalue weighted by Crippen LogP contribution is 2.19. The molecule has 74 valence electrons. The first kappa shape index (κ1) is 9.21. The molecule has 0 bridgehead atoms. The van der Waals surface area contributed by atoms with Gasteiger partial charge in [-0.05, 0) is 24.6 Å². The molecule has 0 aromatic heterocycles. The Morgan fingerprint density at radius 1 is 1.50 bits per heavy atom. The van der Waals surface area contributed by atoms with E-state index in [1.54, 1.807) is 0 Å². The summed E-state index contributed by atoms with van der Waals surface area (Å²) in [5.41, 5.74) is 8.18. The normalized spacial score (nSPS) is 17.4. The van der Waals surface area contributed by atoms with E-state index in [0.29, 0.717) is 0 Å². The lowest BCUT2D eigenvalue weighted by Gasteiger charge is -2.15. The summed E-state index contributed by atoms with van der Waals surface area (Å²) < 4.78 is 0. The zero-order chi connectivity index (χ0) is 9.97. The molecule has 0 spiro atoms. The Morgan fingerprint density at radius 2 is 2.36 bits per heavy atom. The van der Waals surface area contributed by atoms with Gasteiger partial charge in [-0.1, -0.05) is 12.1 Å². The molecule has 1 unspecified atom stereocenters. The van der Waals surface area contributed by atoms with Crippen LogP contribution in [0.15, 0.2) is 29.3 Å². The molecular weight excluding hydrogens is 174 g/mol. The molecule has 0 amide bonds. The van der Waals surface area contributed by atoms with Crippen molar-refractivity contribution in [3.8, 4) is 0 Å². The van der Waals surface area contributed by atoms with Crippen LogP contribution in [0.3, 0.4) is 0 Å². The maximum Gasteiger partial charge on any atom is 0.0895 e. The number of rotatable bonds is 2. The van der Waals surface area contributed by atoms with Gasteiger partial charge in [-0.25, -0.2) is 0 Å². The lowest BCUT2D eigenvalue weighted by molar-refractivity contribution is 0.817. The Kier molecular flexibility index (Phi) is 2.50. The first-order valence-corrected chi connectivity index (χ1v) is 4.89. The summed E-state index contributed by atoms with van der Waals surface area (Å²) >= 11 is 0. The highest BCUT2D eigenvalue weighted by atomic mass is 15.2. The Balaban J connectivity index is 2.25. The van der Waals surface area contributed by atoms with E-state index in [0.717, 1.165) is 13.1 Å². The van der Waals surface area contributed by atoms with Gasteiger partial charge in [0.25, 0.3) is 0 Å². The molecule has 1 aromatic rings. The molecule has 1 aliphatic rings. The van der Waals surface area contributed by atoms with E-state index in [1.807, 2.05) is 19.3 Å². The van der Waals surface area contributed by atoms with Crippen molar-refractivity contribution in [1.82, 2.24) is 0 Å². The quantitative estimate of drug-likeness (QED) is 0.767. The zero-order valence-corrected chi connectivity index (χ0v) is 8.35. The summed E-state index contributed by atoms with van der Waals surface area (Å²) in [6.45, 7) is 3.86. The van der Waals surface area contributed by atoms with Crippen LogP contribution in [-0.4, -0.2) is 19.4 Å². The lowest BCUT2D eigenvalue weighted by atomic mass is 10.1. The molecule has 14 heavy (non-hydrogen) atoms. The van der Waals surface area contributed by atoms with E-state index < -0.39 is 0 Å². The summed E-state index contributed by atoms with van der Waals surface area (Å²) in [4.78, 5) is 6.33. The van der Waals surface area contributed by atoms with Crippen molar-refractivity contribution >= 4 is 12.0 Å².